The molecule has 2 aromatic heterocycles. The highest BCUT2D eigenvalue weighted by molar-refractivity contribution is 5.78. The summed E-state index contributed by atoms with van der Waals surface area (Å²) in [6.45, 7) is 4.41. The molecule has 28 heavy (non-hydrogen) atoms. The van der Waals surface area contributed by atoms with E-state index in [1.54, 1.807) is 13.3 Å². The quantitative estimate of drug-likeness (QED) is 0.754. The summed E-state index contributed by atoms with van der Waals surface area (Å²) in [5, 5.41) is 11.3. The molecule has 2 aliphatic rings. The van der Waals surface area contributed by atoms with E-state index in [9.17, 15) is 0 Å². The first-order valence-electron chi connectivity index (χ1n) is 9.42. The highest BCUT2D eigenvalue weighted by Crippen LogP contribution is 2.39. The SMILES string of the molecule is COc1cc(-c2ccc3c(c2)COc2nc(N4CCNCC4)ccc2-3)cnn1. The molecule has 0 amide bonds. The molecule has 1 N–H and O–H groups in total. The minimum Gasteiger partial charge on any atom is -0.480 e. The van der Waals surface area contributed by atoms with Crippen molar-refractivity contribution in [2.45, 2.75) is 6.61 Å². The molecule has 7 heteroatoms. The number of anilines is 1. The third-order valence-electron chi connectivity index (χ3n) is 5.22. The van der Waals surface area contributed by atoms with E-state index in [-0.39, 0.29) is 0 Å². The highest BCUT2D eigenvalue weighted by Gasteiger charge is 2.21. The summed E-state index contributed by atoms with van der Waals surface area (Å²) >= 11 is 0. The Bertz CT molecular complexity index is 1020. The molecule has 0 bridgehead atoms. The van der Waals surface area contributed by atoms with Crippen LogP contribution in [0.1, 0.15) is 5.56 Å². The molecule has 7 nitrogen and oxygen atoms in total. The van der Waals surface area contributed by atoms with Crippen molar-refractivity contribution in [3.63, 3.8) is 0 Å². The second kappa shape index (κ2) is 7.09. The van der Waals surface area contributed by atoms with Gasteiger partial charge < -0.3 is 19.7 Å². The van der Waals surface area contributed by atoms with Crippen LogP contribution in [0.4, 0.5) is 5.82 Å². The fourth-order valence-electron chi connectivity index (χ4n) is 3.72. The molecule has 2 aliphatic heterocycles. The number of ether oxygens (including phenoxy) is 2. The summed E-state index contributed by atoms with van der Waals surface area (Å²) in [7, 11) is 1.59. The van der Waals surface area contributed by atoms with Crippen molar-refractivity contribution >= 4 is 5.82 Å². The maximum absolute atomic E-state index is 6.01. The number of benzene rings is 1. The number of nitrogens with zero attached hydrogens (tertiary/aromatic N) is 4. The Hall–Kier alpha value is -3.19. The summed E-state index contributed by atoms with van der Waals surface area (Å²) in [5.74, 6) is 2.19. The number of methoxy groups -OCH3 is 1. The molecule has 4 heterocycles. The predicted octanol–water partition coefficient (Wildman–Crippen LogP) is 2.52. The highest BCUT2D eigenvalue weighted by atomic mass is 16.5. The fraction of sp³-hybridized carbons (Fsp3) is 0.286. The van der Waals surface area contributed by atoms with Gasteiger partial charge in [-0.05, 0) is 34.9 Å². The Balaban J connectivity index is 1.48. The van der Waals surface area contributed by atoms with Gasteiger partial charge in [0.2, 0.25) is 11.8 Å². The van der Waals surface area contributed by atoms with Crippen molar-refractivity contribution in [1.29, 1.82) is 0 Å². The van der Waals surface area contributed by atoms with Crippen LogP contribution < -0.4 is 19.7 Å². The van der Waals surface area contributed by atoms with Gasteiger partial charge in [0.1, 0.15) is 12.4 Å². The van der Waals surface area contributed by atoms with Crippen LogP contribution in [0.3, 0.4) is 0 Å². The maximum Gasteiger partial charge on any atom is 0.233 e. The Morgan fingerprint density at radius 1 is 1.04 bits per heavy atom. The van der Waals surface area contributed by atoms with Crippen LogP contribution >= 0.6 is 0 Å². The first-order chi connectivity index (χ1) is 13.8. The van der Waals surface area contributed by atoms with Crippen LogP contribution in [0.25, 0.3) is 22.3 Å². The summed E-state index contributed by atoms with van der Waals surface area (Å²) in [6.07, 6.45) is 1.74. The molecule has 1 saturated heterocycles. The van der Waals surface area contributed by atoms with E-state index in [0.29, 0.717) is 18.4 Å². The number of pyridine rings is 1. The minimum atomic E-state index is 0.501. The Labute approximate surface area is 163 Å². The van der Waals surface area contributed by atoms with Gasteiger partial charge >= 0.3 is 0 Å². The molecule has 0 aliphatic carbocycles. The number of nitrogens with one attached hydrogen (secondary N) is 1. The maximum atomic E-state index is 6.01. The van der Waals surface area contributed by atoms with Gasteiger partial charge in [0.05, 0.1) is 13.3 Å². The van der Waals surface area contributed by atoms with E-state index >= 15 is 0 Å². The lowest BCUT2D eigenvalue weighted by Crippen LogP contribution is -2.43. The van der Waals surface area contributed by atoms with Crippen molar-refractivity contribution in [2.24, 2.45) is 0 Å². The third kappa shape index (κ3) is 3.03. The second-order valence-corrected chi connectivity index (χ2v) is 6.91. The normalized spacial score (nSPS) is 15.4. The molecule has 1 fully saturated rings. The predicted molar refractivity (Wildman–Crippen MR) is 107 cm³/mol. The first kappa shape index (κ1) is 16.9. The largest absolute Gasteiger partial charge is 0.480 e. The molecular weight excluding hydrogens is 354 g/mol. The Morgan fingerprint density at radius 3 is 2.75 bits per heavy atom. The van der Waals surface area contributed by atoms with Crippen molar-refractivity contribution < 1.29 is 9.47 Å². The Kier molecular flexibility index (Phi) is 4.29. The van der Waals surface area contributed by atoms with Gasteiger partial charge in [0, 0.05) is 43.4 Å². The average Bonchev–Trinajstić information content (AvgIpc) is 2.79. The van der Waals surface area contributed by atoms with Crippen molar-refractivity contribution in [3.8, 4) is 34.0 Å². The molecule has 142 valence electrons. The van der Waals surface area contributed by atoms with Crippen molar-refractivity contribution in [3.05, 3.63) is 48.2 Å². The van der Waals surface area contributed by atoms with Gasteiger partial charge in [-0.3, -0.25) is 0 Å². The molecule has 1 aromatic carbocycles. The van der Waals surface area contributed by atoms with Crippen LogP contribution in [-0.4, -0.2) is 48.5 Å². The summed E-state index contributed by atoms with van der Waals surface area (Å²) in [6, 6.07) is 12.5. The van der Waals surface area contributed by atoms with Crippen molar-refractivity contribution in [1.82, 2.24) is 20.5 Å². The third-order valence-corrected chi connectivity index (χ3v) is 5.22. The van der Waals surface area contributed by atoms with Crippen LogP contribution in [0.5, 0.6) is 11.8 Å². The van der Waals surface area contributed by atoms with Gasteiger partial charge in [-0.25, -0.2) is 0 Å². The number of fused-ring (bicyclic) bond motifs is 3. The van der Waals surface area contributed by atoms with E-state index in [1.165, 1.54) is 5.56 Å². The van der Waals surface area contributed by atoms with Gasteiger partial charge in [0.15, 0.2) is 0 Å². The monoisotopic (exact) mass is 375 g/mol. The minimum absolute atomic E-state index is 0.501. The van der Waals surface area contributed by atoms with E-state index in [0.717, 1.165) is 54.3 Å². The summed E-state index contributed by atoms with van der Waals surface area (Å²) in [4.78, 5) is 7.07. The smallest absolute Gasteiger partial charge is 0.233 e. The first-order valence-corrected chi connectivity index (χ1v) is 9.42. The van der Waals surface area contributed by atoms with E-state index < -0.39 is 0 Å². The summed E-state index contributed by atoms with van der Waals surface area (Å²) < 4.78 is 11.2. The van der Waals surface area contributed by atoms with Crippen LogP contribution in [0.15, 0.2) is 42.6 Å². The van der Waals surface area contributed by atoms with Gasteiger partial charge in [-0.2, -0.15) is 10.1 Å². The molecule has 5 rings (SSSR count). The fourth-order valence-corrected chi connectivity index (χ4v) is 3.72. The molecule has 0 spiro atoms. The van der Waals surface area contributed by atoms with Gasteiger partial charge in [0.25, 0.3) is 0 Å². The summed E-state index contributed by atoms with van der Waals surface area (Å²) in [5.41, 5.74) is 5.37. The van der Waals surface area contributed by atoms with Gasteiger partial charge in [-0.1, -0.05) is 12.1 Å². The standard InChI is InChI=1S/C21H21N5O2/c1-27-20-11-15(12-23-25-20)14-2-3-17-16(10-14)13-28-21-18(17)4-5-19(24-21)26-8-6-22-7-9-26/h2-5,10-12,22H,6-9,13H2,1H3. The molecule has 0 atom stereocenters. The molecule has 3 aromatic rings. The number of hydrogen-bond donors (Lipinski definition) is 1. The molecule has 0 saturated carbocycles. The zero-order valence-corrected chi connectivity index (χ0v) is 15.7. The average molecular weight is 375 g/mol. The molecule has 0 radical (unpaired) electrons. The van der Waals surface area contributed by atoms with E-state index in [4.69, 9.17) is 14.5 Å². The topological polar surface area (TPSA) is 72.4 Å². The van der Waals surface area contributed by atoms with E-state index in [1.807, 2.05) is 6.07 Å². The zero-order valence-electron chi connectivity index (χ0n) is 15.7. The van der Waals surface area contributed by atoms with Crippen molar-refractivity contribution in [2.75, 3.05) is 38.2 Å². The number of piperazine rings is 1. The van der Waals surface area contributed by atoms with Crippen LogP contribution in [0.2, 0.25) is 0 Å². The van der Waals surface area contributed by atoms with E-state index in [2.05, 4.69) is 50.7 Å². The zero-order chi connectivity index (χ0) is 18.9. The number of hydrogen-bond acceptors (Lipinski definition) is 7. The lowest BCUT2D eigenvalue weighted by atomic mass is 9.95. The Morgan fingerprint density at radius 2 is 1.89 bits per heavy atom. The lowest BCUT2D eigenvalue weighted by molar-refractivity contribution is 0.290. The number of rotatable bonds is 3. The number of aromatic nitrogens is 3. The second-order valence-electron chi connectivity index (χ2n) is 6.91. The molecule has 0 unspecified atom stereocenters. The van der Waals surface area contributed by atoms with Crippen LogP contribution in [-0.2, 0) is 6.61 Å². The lowest BCUT2D eigenvalue weighted by Gasteiger charge is -2.29. The van der Waals surface area contributed by atoms with Gasteiger partial charge in [-0.15, -0.1) is 5.10 Å². The molecular formula is C21H21N5O2. The van der Waals surface area contributed by atoms with Crippen LogP contribution in [0, 0.1) is 0 Å².